The summed E-state index contributed by atoms with van der Waals surface area (Å²) in [6, 6.07) is 0. The van der Waals surface area contributed by atoms with Crippen LogP contribution < -0.4 is 10.6 Å². The zero-order valence-corrected chi connectivity index (χ0v) is 19.9. The number of nitrogens with zero attached hydrogens (tertiary/aromatic N) is 4. The average molecular weight is 481 g/mol. The minimum absolute atomic E-state index is 0.0863. The molecule has 2 aromatic rings. The van der Waals surface area contributed by atoms with E-state index >= 15 is 0 Å². The van der Waals surface area contributed by atoms with Gasteiger partial charge in [-0.15, -0.1) is 31.7 Å². The predicted molar refractivity (Wildman–Crippen MR) is 122 cm³/mol. The maximum atomic E-state index is 11.9. The smallest absolute Gasteiger partial charge is 0.227 e. The van der Waals surface area contributed by atoms with E-state index in [0.717, 1.165) is 40.7 Å². The largest absolute Gasteiger partial charge is 0.356 e. The Bertz CT molecular complexity index is 853. The third-order valence-corrected chi connectivity index (χ3v) is 6.19. The highest BCUT2D eigenvalue weighted by Crippen LogP contribution is 2.19. The normalized spacial score (nSPS) is 10.7. The summed E-state index contributed by atoms with van der Waals surface area (Å²) in [5.41, 5.74) is 0. The van der Waals surface area contributed by atoms with Crippen molar-refractivity contribution >= 4 is 51.2 Å². The van der Waals surface area contributed by atoms with Crippen molar-refractivity contribution in [2.75, 3.05) is 11.9 Å². The molecule has 0 fully saturated rings. The second-order valence-electron chi connectivity index (χ2n) is 7.35. The average Bonchev–Trinajstić information content (AvgIpc) is 3.34. The van der Waals surface area contributed by atoms with Crippen LogP contribution in [0.3, 0.4) is 0 Å². The summed E-state index contributed by atoms with van der Waals surface area (Å²) in [5.74, 6) is -0.200. The molecule has 2 rings (SSSR count). The van der Waals surface area contributed by atoms with Crippen molar-refractivity contribution in [2.24, 2.45) is 0 Å². The van der Waals surface area contributed by atoms with Crippen molar-refractivity contribution in [3.63, 3.8) is 0 Å². The van der Waals surface area contributed by atoms with E-state index in [1.54, 1.807) is 0 Å². The highest BCUT2D eigenvalue weighted by molar-refractivity contribution is 7.15. The molecular weight excluding hydrogens is 452 g/mol. The van der Waals surface area contributed by atoms with E-state index < -0.39 is 0 Å². The number of hydrogen-bond acceptors (Lipinski definition) is 10. The maximum absolute atomic E-state index is 11.9. The van der Waals surface area contributed by atoms with Crippen LogP contribution in [-0.2, 0) is 38.4 Å². The first-order chi connectivity index (χ1) is 15.3. The Hall–Kier alpha value is -2.60. The van der Waals surface area contributed by atoms with Gasteiger partial charge in [0.1, 0.15) is 26.6 Å². The van der Waals surface area contributed by atoms with Gasteiger partial charge in [0.2, 0.25) is 16.9 Å². The number of hydrogen-bond donors (Lipinski definition) is 2. The third-order valence-electron chi connectivity index (χ3n) is 4.31. The fourth-order valence-electron chi connectivity index (χ4n) is 2.74. The fraction of sp³-hybridized carbons (Fsp3) is 0.600. The van der Waals surface area contributed by atoms with Crippen molar-refractivity contribution < 1.29 is 19.2 Å². The van der Waals surface area contributed by atoms with Crippen LogP contribution in [-0.4, -0.2) is 50.3 Å². The summed E-state index contributed by atoms with van der Waals surface area (Å²) >= 11 is 2.80. The molecule has 0 atom stereocenters. The van der Waals surface area contributed by atoms with Crippen molar-refractivity contribution in [1.29, 1.82) is 0 Å². The second kappa shape index (κ2) is 13.7. The van der Waals surface area contributed by atoms with Crippen LogP contribution in [0.25, 0.3) is 0 Å². The molecule has 2 heterocycles. The lowest BCUT2D eigenvalue weighted by atomic mass is 10.1. The Balaban J connectivity index is 1.63. The van der Waals surface area contributed by atoms with Crippen LogP contribution in [0.4, 0.5) is 5.13 Å². The minimum atomic E-state index is -0.217. The van der Waals surface area contributed by atoms with Crippen LogP contribution in [0.2, 0.25) is 0 Å². The quantitative estimate of drug-likeness (QED) is 0.370. The van der Waals surface area contributed by atoms with Gasteiger partial charge in [0, 0.05) is 45.6 Å². The molecule has 32 heavy (non-hydrogen) atoms. The predicted octanol–water partition coefficient (Wildman–Crippen LogP) is 2.29. The molecule has 12 heteroatoms. The van der Waals surface area contributed by atoms with E-state index in [4.69, 9.17) is 0 Å². The molecule has 2 amide bonds. The Kier molecular flexibility index (Phi) is 11.0. The van der Waals surface area contributed by atoms with E-state index in [1.807, 2.05) is 0 Å². The highest BCUT2D eigenvalue weighted by Gasteiger charge is 2.11. The number of unbranched alkanes of at least 4 members (excludes halogenated alkanes) is 1. The van der Waals surface area contributed by atoms with E-state index in [-0.39, 0.29) is 42.8 Å². The molecule has 2 N–H and O–H groups in total. The van der Waals surface area contributed by atoms with Crippen molar-refractivity contribution in [3.8, 4) is 0 Å². The number of anilines is 1. The topological polar surface area (TPSA) is 144 Å². The Labute approximate surface area is 194 Å². The van der Waals surface area contributed by atoms with Gasteiger partial charge in [0.25, 0.3) is 0 Å². The number of aryl methyl sites for hydroxylation is 2. The van der Waals surface area contributed by atoms with Crippen molar-refractivity contribution in [2.45, 2.75) is 71.6 Å². The zero-order valence-electron chi connectivity index (χ0n) is 18.3. The number of nitrogens with one attached hydrogen (secondary N) is 2. The SMILES string of the molecule is CC(=O)CCCC(=O)Cc1nnc(CCCCc2nnc(NC(=O)CCNC(C)=O)s2)s1. The van der Waals surface area contributed by atoms with Gasteiger partial charge in [-0.1, -0.05) is 11.3 Å². The van der Waals surface area contributed by atoms with Crippen molar-refractivity contribution in [3.05, 3.63) is 15.0 Å². The van der Waals surface area contributed by atoms with E-state index in [0.29, 0.717) is 24.4 Å². The van der Waals surface area contributed by atoms with Gasteiger partial charge in [-0.25, -0.2) is 0 Å². The lowest BCUT2D eigenvalue weighted by molar-refractivity contribution is -0.120. The minimum Gasteiger partial charge on any atom is -0.356 e. The van der Waals surface area contributed by atoms with Gasteiger partial charge >= 0.3 is 0 Å². The number of amides is 2. The van der Waals surface area contributed by atoms with E-state index in [1.165, 1.54) is 36.5 Å². The summed E-state index contributed by atoms with van der Waals surface area (Å²) in [4.78, 5) is 45.5. The van der Waals surface area contributed by atoms with Gasteiger partial charge in [-0.3, -0.25) is 14.4 Å². The van der Waals surface area contributed by atoms with Gasteiger partial charge in [-0.05, 0) is 26.2 Å². The summed E-state index contributed by atoms with van der Waals surface area (Å²) in [6.07, 6.45) is 5.21. The molecule has 0 aliphatic heterocycles. The van der Waals surface area contributed by atoms with Crippen LogP contribution in [0, 0.1) is 0 Å². The lowest BCUT2D eigenvalue weighted by Crippen LogP contribution is -2.25. The van der Waals surface area contributed by atoms with Gasteiger partial charge in [0.15, 0.2) is 0 Å². The molecule has 0 aliphatic rings. The monoisotopic (exact) mass is 480 g/mol. The van der Waals surface area contributed by atoms with Gasteiger partial charge in [-0.2, -0.15) is 0 Å². The maximum Gasteiger partial charge on any atom is 0.227 e. The van der Waals surface area contributed by atoms with Gasteiger partial charge < -0.3 is 15.4 Å². The third kappa shape index (κ3) is 10.6. The molecule has 0 aliphatic carbocycles. The molecule has 0 spiro atoms. The molecular formula is C20H28N6O4S2. The molecule has 0 bridgehead atoms. The first kappa shape index (κ1) is 25.7. The highest BCUT2D eigenvalue weighted by atomic mass is 32.1. The summed E-state index contributed by atoms with van der Waals surface area (Å²) < 4.78 is 0. The van der Waals surface area contributed by atoms with E-state index in [2.05, 4.69) is 31.0 Å². The number of carbonyl (C=O) groups is 4. The molecule has 174 valence electrons. The molecule has 0 unspecified atom stereocenters. The first-order valence-corrected chi connectivity index (χ1v) is 12.1. The van der Waals surface area contributed by atoms with Crippen molar-refractivity contribution in [1.82, 2.24) is 25.7 Å². The Morgan fingerprint density at radius 3 is 2.12 bits per heavy atom. The summed E-state index contributed by atoms with van der Waals surface area (Å²) in [5, 5.41) is 24.5. The lowest BCUT2D eigenvalue weighted by Gasteiger charge is -2.01. The fourth-order valence-corrected chi connectivity index (χ4v) is 4.46. The Morgan fingerprint density at radius 2 is 1.44 bits per heavy atom. The molecule has 0 aromatic carbocycles. The van der Waals surface area contributed by atoms with Gasteiger partial charge in [0.05, 0.1) is 6.42 Å². The van der Waals surface area contributed by atoms with E-state index in [9.17, 15) is 19.2 Å². The number of rotatable bonds is 15. The van der Waals surface area contributed by atoms with Crippen LogP contribution >= 0.6 is 22.7 Å². The number of ketones is 2. The molecule has 2 aromatic heterocycles. The van der Waals surface area contributed by atoms with Crippen LogP contribution in [0.15, 0.2) is 0 Å². The van der Waals surface area contributed by atoms with Crippen LogP contribution in [0.5, 0.6) is 0 Å². The number of carbonyl (C=O) groups excluding carboxylic acids is 4. The second-order valence-corrected chi connectivity index (χ2v) is 9.56. The summed E-state index contributed by atoms with van der Waals surface area (Å²) in [7, 11) is 0. The summed E-state index contributed by atoms with van der Waals surface area (Å²) in [6.45, 7) is 3.22. The Morgan fingerprint density at radius 1 is 0.781 bits per heavy atom. The molecule has 0 saturated heterocycles. The number of Topliss-reactive ketones (excluding diaryl/α,β-unsaturated/α-hetero) is 2. The molecule has 10 nitrogen and oxygen atoms in total. The van der Waals surface area contributed by atoms with Crippen LogP contribution in [0.1, 0.15) is 67.4 Å². The number of aromatic nitrogens is 4. The molecule has 0 radical (unpaired) electrons. The standard InChI is InChI=1S/C20H28N6O4S2/c1-13(27)6-5-7-15(29)12-19-25-23-17(31-19)8-3-4-9-18-24-26-20(32-18)22-16(30)10-11-21-14(2)28/h3-12H2,1-2H3,(H,21,28)(H,22,26,30). The zero-order chi connectivity index (χ0) is 23.3. The first-order valence-electron chi connectivity index (χ1n) is 10.5. The molecule has 0 saturated carbocycles.